The van der Waals surface area contributed by atoms with Gasteiger partial charge in [0.05, 0.1) is 12.6 Å². The van der Waals surface area contributed by atoms with Gasteiger partial charge in [-0.15, -0.1) is 0 Å². The zero-order valence-corrected chi connectivity index (χ0v) is 18.4. The molecular formula is C25H26FN3O2. The van der Waals surface area contributed by atoms with Crippen molar-refractivity contribution < 1.29 is 13.9 Å². The lowest BCUT2D eigenvalue weighted by atomic mass is 9.87. The van der Waals surface area contributed by atoms with E-state index in [0.717, 1.165) is 23.4 Å². The summed E-state index contributed by atoms with van der Waals surface area (Å²) < 4.78 is 18.7. The summed E-state index contributed by atoms with van der Waals surface area (Å²) in [5.74, 6) is -0.400. The first-order chi connectivity index (χ1) is 14.7. The average Bonchev–Trinajstić information content (AvgIpc) is 2.72. The molecule has 0 radical (unpaired) electrons. The van der Waals surface area contributed by atoms with Gasteiger partial charge in [0, 0.05) is 35.1 Å². The number of rotatable bonds is 5. The molecular weight excluding hydrogens is 393 g/mol. The number of likely N-dealkylation sites (N-methyl/N-ethyl adjacent to an activating group) is 1. The van der Waals surface area contributed by atoms with E-state index in [0.29, 0.717) is 17.0 Å². The quantitative estimate of drug-likeness (QED) is 0.520. The van der Waals surface area contributed by atoms with Crippen molar-refractivity contribution in [2.45, 2.75) is 33.2 Å². The van der Waals surface area contributed by atoms with Crippen LogP contribution in [0.2, 0.25) is 0 Å². The number of nitrogens with zero attached hydrogens (tertiary/aromatic N) is 2. The molecule has 1 N–H and O–H groups in total. The van der Waals surface area contributed by atoms with Crippen LogP contribution in [0, 0.1) is 17.1 Å². The molecule has 0 saturated heterocycles. The molecule has 1 amide bonds. The minimum absolute atomic E-state index is 0.0762. The number of ether oxygens (including phenoxy) is 1. The van der Waals surface area contributed by atoms with E-state index in [1.165, 1.54) is 30.3 Å². The smallest absolute Gasteiger partial charge is 0.266 e. The summed E-state index contributed by atoms with van der Waals surface area (Å²) in [5, 5.41) is 12.2. The third-order valence-electron chi connectivity index (χ3n) is 5.41. The summed E-state index contributed by atoms with van der Waals surface area (Å²) in [6, 6.07) is 11.2. The lowest BCUT2D eigenvalue weighted by Crippen LogP contribution is -2.44. The van der Waals surface area contributed by atoms with E-state index in [1.54, 1.807) is 7.11 Å². The van der Waals surface area contributed by atoms with Crippen molar-refractivity contribution in [1.82, 2.24) is 0 Å². The van der Waals surface area contributed by atoms with Gasteiger partial charge in [0.15, 0.2) is 0 Å². The Balaban J connectivity index is 2.02. The Morgan fingerprint density at radius 2 is 1.97 bits per heavy atom. The van der Waals surface area contributed by atoms with E-state index in [9.17, 15) is 14.4 Å². The largest absolute Gasteiger partial charge is 0.496 e. The van der Waals surface area contributed by atoms with Gasteiger partial charge in [0.2, 0.25) is 0 Å². The Hall–Kier alpha value is -3.59. The zero-order valence-electron chi connectivity index (χ0n) is 18.4. The van der Waals surface area contributed by atoms with Gasteiger partial charge < -0.3 is 15.0 Å². The molecule has 2 aromatic carbocycles. The number of carbonyl (C=O) groups is 1. The SMILES string of the molecule is CCN1c2cc(OC)c(/C=C(\C#N)C(=O)Nc3ccc(F)cc3)cc2C(C)=CC1(C)C. The zero-order chi connectivity index (χ0) is 22.8. The van der Waals surface area contributed by atoms with Gasteiger partial charge in [-0.25, -0.2) is 4.39 Å². The molecule has 0 fully saturated rings. The van der Waals surface area contributed by atoms with Crippen LogP contribution in [0.25, 0.3) is 11.6 Å². The molecule has 0 aromatic heterocycles. The first kappa shape index (κ1) is 22.1. The van der Waals surface area contributed by atoms with Crippen molar-refractivity contribution in [3.8, 4) is 11.8 Å². The van der Waals surface area contributed by atoms with Gasteiger partial charge in [-0.1, -0.05) is 6.08 Å². The maximum absolute atomic E-state index is 13.1. The summed E-state index contributed by atoms with van der Waals surface area (Å²) >= 11 is 0. The first-order valence-electron chi connectivity index (χ1n) is 10.1. The van der Waals surface area contributed by atoms with Crippen molar-refractivity contribution in [2.24, 2.45) is 0 Å². The highest BCUT2D eigenvalue weighted by Crippen LogP contribution is 2.42. The number of methoxy groups -OCH3 is 1. The molecule has 1 aliphatic heterocycles. The number of amides is 1. The van der Waals surface area contributed by atoms with Gasteiger partial charge in [0.25, 0.3) is 5.91 Å². The fourth-order valence-electron chi connectivity index (χ4n) is 4.02. The molecule has 1 aliphatic rings. The molecule has 1 heterocycles. The summed E-state index contributed by atoms with van der Waals surface area (Å²) in [4.78, 5) is 14.9. The van der Waals surface area contributed by atoms with Crippen LogP contribution in [0.3, 0.4) is 0 Å². The Morgan fingerprint density at radius 3 is 2.55 bits per heavy atom. The summed E-state index contributed by atoms with van der Waals surface area (Å²) in [5.41, 5.74) is 4.03. The third-order valence-corrected chi connectivity index (χ3v) is 5.41. The second-order valence-corrected chi connectivity index (χ2v) is 7.97. The lowest BCUT2D eigenvalue weighted by molar-refractivity contribution is -0.112. The molecule has 0 spiro atoms. The van der Waals surface area contributed by atoms with Crippen molar-refractivity contribution in [3.05, 3.63) is 65.0 Å². The number of fused-ring (bicyclic) bond motifs is 1. The minimum atomic E-state index is -0.572. The topological polar surface area (TPSA) is 65.4 Å². The second kappa shape index (κ2) is 8.65. The standard InChI is InChI=1S/C25H26FN3O2/c1-6-29-22-13-23(31-5)17(12-21(22)16(2)14-25(29,3)4)11-18(15-27)24(30)28-20-9-7-19(26)8-10-20/h7-14H,6H2,1-5H3,(H,28,30)/b18-11+. The fraction of sp³-hybridized carbons (Fsp3) is 0.280. The normalized spacial score (nSPS) is 14.9. The molecule has 2 aromatic rings. The molecule has 0 unspecified atom stereocenters. The minimum Gasteiger partial charge on any atom is -0.496 e. The maximum Gasteiger partial charge on any atom is 0.266 e. The van der Waals surface area contributed by atoms with Gasteiger partial charge in [-0.3, -0.25) is 4.79 Å². The molecule has 160 valence electrons. The van der Waals surface area contributed by atoms with Crippen LogP contribution in [-0.2, 0) is 4.79 Å². The third kappa shape index (κ3) is 4.46. The summed E-state index contributed by atoms with van der Waals surface area (Å²) in [6.07, 6.45) is 3.73. The van der Waals surface area contributed by atoms with Crippen LogP contribution in [0.1, 0.15) is 38.8 Å². The number of anilines is 2. The van der Waals surface area contributed by atoms with Gasteiger partial charge in [-0.05, 0) is 69.7 Å². The molecule has 0 saturated carbocycles. The highest BCUT2D eigenvalue weighted by atomic mass is 19.1. The number of allylic oxidation sites excluding steroid dienone is 1. The van der Waals surface area contributed by atoms with Gasteiger partial charge in [0.1, 0.15) is 23.2 Å². The van der Waals surface area contributed by atoms with Crippen LogP contribution in [0.4, 0.5) is 15.8 Å². The first-order valence-corrected chi connectivity index (χ1v) is 10.1. The van der Waals surface area contributed by atoms with E-state index >= 15 is 0 Å². The Morgan fingerprint density at radius 1 is 1.29 bits per heavy atom. The van der Waals surface area contributed by atoms with Crippen molar-refractivity contribution in [3.63, 3.8) is 0 Å². The molecule has 31 heavy (non-hydrogen) atoms. The van der Waals surface area contributed by atoms with Crippen LogP contribution in [-0.4, -0.2) is 25.1 Å². The van der Waals surface area contributed by atoms with E-state index in [2.05, 4.69) is 44.0 Å². The van der Waals surface area contributed by atoms with Crippen molar-refractivity contribution in [2.75, 3.05) is 23.9 Å². The molecule has 0 bridgehead atoms. The molecule has 3 rings (SSSR count). The summed E-state index contributed by atoms with van der Waals surface area (Å²) in [7, 11) is 1.57. The average molecular weight is 420 g/mol. The van der Waals surface area contributed by atoms with Crippen molar-refractivity contribution in [1.29, 1.82) is 5.26 Å². The molecule has 5 nitrogen and oxygen atoms in total. The highest BCUT2D eigenvalue weighted by molar-refractivity contribution is 6.10. The second-order valence-electron chi connectivity index (χ2n) is 7.97. The number of nitrogens with one attached hydrogen (secondary N) is 1. The van der Waals surface area contributed by atoms with E-state index < -0.39 is 11.7 Å². The van der Waals surface area contributed by atoms with E-state index in [1.807, 2.05) is 18.2 Å². The van der Waals surface area contributed by atoms with E-state index in [4.69, 9.17) is 4.74 Å². The van der Waals surface area contributed by atoms with Crippen LogP contribution < -0.4 is 15.0 Å². The number of hydrogen-bond acceptors (Lipinski definition) is 4. The van der Waals surface area contributed by atoms with Crippen LogP contribution in [0.15, 0.2) is 48.0 Å². The Kier molecular flexibility index (Phi) is 6.16. The predicted molar refractivity (Wildman–Crippen MR) is 122 cm³/mol. The summed E-state index contributed by atoms with van der Waals surface area (Å²) in [6.45, 7) is 9.31. The number of carbonyl (C=O) groups excluding carboxylic acids is 1. The molecule has 0 atom stereocenters. The number of nitriles is 1. The number of hydrogen-bond donors (Lipinski definition) is 1. The molecule has 0 aliphatic carbocycles. The van der Waals surface area contributed by atoms with E-state index in [-0.39, 0.29) is 11.1 Å². The lowest BCUT2D eigenvalue weighted by Gasteiger charge is -2.43. The number of benzene rings is 2. The van der Waals surface area contributed by atoms with Gasteiger partial charge >= 0.3 is 0 Å². The van der Waals surface area contributed by atoms with Crippen molar-refractivity contribution >= 4 is 28.9 Å². The fourth-order valence-corrected chi connectivity index (χ4v) is 4.02. The monoisotopic (exact) mass is 419 g/mol. The Bertz CT molecular complexity index is 1110. The van der Waals surface area contributed by atoms with Gasteiger partial charge in [-0.2, -0.15) is 5.26 Å². The maximum atomic E-state index is 13.1. The van der Waals surface area contributed by atoms with Crippen LogP contribution >= 0.6 is 0 Å². The predicted octanol–water partition coefficient (Wildman–Crippen LogP) is 5.40. The molecule has 6 heteroatoms. The Labute approximate surface area is 182 Å². The number of halogens is 1. The highest BCUT2D eigenvalue weighted by Gasteiger charge is 2.31. The van der Waals surface area contributed by atoms with Crippen LogP contribution in [0.5, 0.6) is 5.75 Å².